The number of nitrogens with zero attached hydrogens (tertiary/aromatic N) is 1. The first kappa shape index (κ1) is 13.3. The Morgan fingerprint density at radius 3 is 2.84 bits per heavy atom. The normalized spacial score (nSPS) is 11.6. The molecule has 1 aromatic heterocycles. The molecule has 0 fully saturated rings. The molecule has 0 radical (unpaired) electrons. The average molecular weight is 283 g/mol. The number of amides is 1. The Morgan fingerprint density at radius 1 is 1.47 bits per heavy atom. The molecule has 0 spiro atoms. The third-order valence-corrected chi connectivity index (χ3v) is 4.43. The first-order chi connectivity index (χ1) is 8.92. The van der Waals surface area contributed by atoms with Crippen LogP contribution >= 0.6 is 0 Å². The lowest BCUT2D eigenvalue weighted by atomic mass is 10.3. The summed E-state index contributed by atoms with van der Waals surface area (Å²) in [5.74, 6) is 0.135. The fourth-order valence-corrected chi connectivity index (χ4v) is 3.07. The zero-order valence-electron chi connectivity index (χ0n) is 10.2. The maximum absolute atomic E-state index is 11.9. The minimum Gasteiger partial charge on any atom is -0.465 e. The largest absolute Gasteiger partial charge is 0.465 e. The molecule has 3 N–H and O–H groups in total. The molecule has 0 bridgehead atoms. The number of H-pyrrole nitrogens is 1. The monoisotopic (exact) mass is 283 g/mol. The minimum atomic E-state index is -3.31. The van der Waals surface area contributed by atoms with Gasteiger partial charge in [-0.1, -0.05) is 6.92 Å². The van der Waals surface area contributed by atoms with Crippen molar-refractivity contribution in [2.75, 3.05) is 11.1 Å². The molecular weight excluding hydrogens is 270 g/mol. The number of aromatic amines is 1. The van der Waals surface area contributed by atoms with Crippen LogP contribution in [-0.4, -0.2) is 35.3 Å². The van der Waals surface area contributed by atoms with Crippen LogP contribution in [0, 0.1) is 0 Å². The number of hydrogen-bond acceptors (Lipinski definition) is 4. The Hall–Kier alpha value is -2.09. The van der Waals surface area contributed by atoms with Crippen LogP contribution in [0.5, 0.6) is 0 Å². The third kappa shape index (κ3) is 2.84. The molecule has 8 heteroatoms. The SMILES string of the molecule is CCCS(=O)(=O)c1ccc2[nH]c(NC(=O)O)nc2c1. The second kappa shape index (κ2) is 4.88. The van der Waals surface area contributed by atoms with Gasteiger partial charge in [0, 0.05) is 0 Å². The van der Waals surface area contributed by atoms with E-state index in [0.717, 1.165) is 0 Å². The van der Waals surface area contributed by atoms with E-state index in [0.29, 0.717) is 17.5 Å². The van der Waals surface area contributed by atoms with Crippen molar-refractivity contribution in [1.82, 2.24) is 9.97 Å². The van der Waals surface area contributed by atoms with Crippen LogP contribution in [0.2, 0.25) is 0 Å². The van der Waals surface area contributed by atoms with E-state index in [1.807, 2.05) is 0 Å². The highest BCUT2D eigenvalue weighted by molar-refractivity contribution is 7.91. The van der Waals surface area contributed by atoms with Crippen LogP contribution in [0.25, 0.3) is 11.0 Å². The number of nitrogens with one attached hydrogen (secondary N) is 2. The van der Waals surface area contributed by atoms with Gasteiger partial charge in [-0.05, 0) is 24.6 Å². The van der Waals surface area contributed by atoms with E-state index in [4.69, 9.17) is 5.11 Å². The molecule has 1 heterocycles. The Labute approximate surface area is 109 Å². The predicted octanol–water partition coefficient (Wildman–Crippen LogP) is 1.84. The molecule has 0 saturated heterocycles. The minimum absolute atomic E-state index is 0.0625. The maximum atomic E-state index is 11.9. The molecule has 2 aromatic rings. The second-order valence-electron chi connectivity index (χ2n) is 4.01. The standard InChI is InChI=1S/C11H13N3O4S/c1-2-5-19(17,18)7-3-4-8-9(6-7)13-10(12-8)14-11(15)16/h3-4,6H,2,5H2,1H3,(H,15,16)(H2,12,13,14). The number of hydrogen-bond donors (Lipinski definition) is 3. The van der Waals surface area contributed by atoms with Crippen molar-refractivity contribution in [2.24, 2.45) is 0 Å². The summed E-state index contributed by atoms with van der Waals surface area (Å²) in [5.41, 5.74) is 0.972. The Balaban J connectivity index is 2.43. The van der Waals surface area contributed by atoms with Gasteiger partial charge in [-0.25, -0.2) is 18.2 Å². The van der Waals surface area contributed by atoms with E-state index in [1.165, 1.54) is 12.1 Å². The second-order valence-corrected chi connectivity index (χ2v) is 6.12. The topological polar surface area (TPSA) is 112 Å². The number of anilines is 1. The molecule has 0 unspecified atom stereocenters. The fraction of sp³-hybridized carbons (Fsp3) is 0.273. The van der Waals surface area contributed by atoms with E-state index in [1.54, 1.807) is 13.0 Å². The lowest BCUT2D eigenvalue weighted by Crippen LogP contribution is -2.08. The maximum Gasteiger partial charge on any atom is 0.411 e. The van der Waals surface area contributed by atoms with Crippen molar-refractivity contribution in [1.29, 1.82) is 0 Å². The zero-order valence-corrected chi connectivity index (χ0v) is 11.0. The molecule has 19 heavy (non-hydrogen) atoms. The molecular formula is C11H13N3O4S. The Bertz CT molecular complexity index is 721. The first-order valence-corrected chi connectivity index (χ1v) is 7.30. The van der Waals surface area contributed by atoms with Crippen LogP contribution in [-0.2, 0) is 9.84 Å². The average Bonchev–Trinajstić information content (AvgIpc) is 2.68. The number of fused-ring (bicyclic) bond motifs is 1. The van der Waals surface area contributed by atoms with Crippen LogP contribution in [0.15, 0.2) is 23.1 Å². The number of imidazole rings is 1. The van der Waals surface area contributed by atoms with Crippen LogP contribution in [0.4, 0.5) is 10.7 Å². The molecule has 102 valence electrons. The lowest BCUT2D eigenvalue weighted by Gasteiger charge is -2.01. The smallest absolute Gasteiger partial charge is 0.411 e. The van der Waals surface area contributed by atoms with Gasteiger partial charge in [0.2, 0.25) is 5.95 Å². The van der Waals surface area contributed by atoms with Gasteiger partial charge in [0.05, 0.1) is 21.7 Å². The molecule has 0 aliphatic rings. The number of rotatable bonds is 4. The van der Waals surface area contributed by atoms with E-state index < -0.39 is 15.9 Å². The van der Waals surface area contributed by atoms with Crippen molar-refractivity contribution in [3.8, 4) is 0 Å². The van der Waals surface area contributed by atoms with Crippen molar-refractivity contribution < 1.29 is 18.3 Å². The van der Waals surface area contributed by atoms with Gasteiger partial charge in [-0.15, -0.1) is 0 Å². The summed E-state index contributed by atoms with van der Waals surface area (Å²) >= 11 is 0. The van der Waals surface area contributed by atoms with E-state index in [-0.39, 0.29) is 16.6 Å². The predicted molar refractivity (Wildman–Crippen MR) is 70.1 cm³/mol. The van der Waals surface area contributed by atoms with E-state index in [2.05, 4.69) is 15.3 Å². The van der Waals surface area contributed by atoms with Crippen molar-refractivity contribution in [3.05, 3.63) is 18.2 Å². The van der Waals surface area contributed by atoms with Crippen LogP contribution < -0.4 is 5.32 Å². The van der Waals surface area contributed by atoms with Gasteiger partial charge in [-0.3, -0.25) is 5.32 Å². The molecule has 0 aliphatic carbocycles. The summed E-state index contributed by atoms with van der Waals surface area (Å²) < 4.78 is 23.8. The quantitative estimate of drug-likeness (QED) is 0.792. The van der Waals surface area contributed by atoms with E-state index >= 15 is 0 Å². The molecule has 2 rings (SSSR count). The first-order valence-electron chi connectivity index (χ1n) is 5.65. The van der Waals surface area contributed by atoms with Gasteiger partial charge in [0.25, 0.3) is 0 Å². The lowest BCUT2D eigenvalue weighted by molar-refractivity contribution is 0.209. The van der Waals surface area contributed by atoms with Crippen molar-refractivity contribution in [2.45, 2.75) is 18.2 Å². The fourth-order valence-electron chi connectivity index (χ4n) is 1.73. The number of aromatic nitrogens is 2. The zero-order chi connectivity index (χ0) is 14.0. The van der Waals surface area contributed by atoms with Crippen LogP contribution in [0.3, 0.4) is 0 Å². The number of carbonyl (C=O) groups is 1. The summed E-state index contributed by atoms with van der Waals surface area (Å²) in [4.78, 5) is 17.4. The molecule has 0 saturated carbocycles. The highest BCUT2D eigenvalue weighted by Crippen LogP contribution is 2.20. The Morgan fingerprint density at radius 2 is 2.21 bits per heavy atom. The molecule has 7 nitrogen and oxygen atoms in total. The Kier molecular flexibility index (Phi) is 3.43. The van der Waals surface area contributed by atoms with Gasteiger partial charge in [0.15, 0.2) is 9.84 Å². The van der Waals surface area contributed by atoms with Crippen molar-refractivity contribution in [3.63, 3.8) is 0 Å². The molecule has 1 aromatic carbocycles. The third-order valence-electron chi connectivity index (χ3n) is 2.51. The van der Waals surface area contributed by atoms with Gasteiger partial charge >= 0.3 is 6.09 Å². The van der Waals surface area contributed by atoms with Gasteiger partial charge in [-0.2, -0.15) is 0 Å². The summed E-state index contributed by atoms with van der Waals surface area (Å²) in [6.45, 7) is 1.79. The molecule has 0 aliphatic heterocycles. The summed E-state index contributed by atoms with van der Waals surface area (Å²) in [6, 6.07) is 4.48. The summed E-state index contributed by atoms with van der Waals surface area (Å²) in [5, 5.41) is 10.7. The number of carboxylic acid groups (broad SMARTS) is 1. The summed E-state index contributed by atoms with van der Waals surface area (Å²) in [6.07, 6.45) is -0.704. The number of sulfone groups is 1. The van der Waals surface area contributed by atoms with Crippen molar-refractivity contribution >= 4 is 32.9 Å². The van der Waals surface area contributed by atoms with E-state index in [9.17, 15) is 13.2 Å². The molecule has 0 atom stereocenters. The molecule has 1 amide bonds. The summed E-state index contributed by atoms with van der Waals surface area (Å²) in [7, 11) is -3.31. The number of benzene rings is 1. The highest BCUT2D eigenvalue weighted by Gasteiger charge is 2.15. The van der Waals surface area contributed by atoms with Gasteiger partial charge in [0.1, 0.15) is 0 Å². The van der Waals surface area contributed by atoms with Gasteiger partial charge < -0.3 is 10.1 Å². The highest BCUT2D eigenvalue weighted by atomic mass is 32.2. The van der Waals surface area contributed by atoms with Crippen LogP contribution in [0.1, 0.15) is 13.3 Å².